The van der Waals surface area contributed by atoms with Gasteiger partial charge in [-0.15, -0.1) is 23.8 Å². The van der Waals surface area contributed by atoms with Crippen LogP contribution in [-0.2, 0) is 31.9 Å². The van der Waals surface area contributed by atoms with Crippen molar-refractivity contribution in [2.24, 2.45) is 0 Å². The summed E-state index contributed by atoms with van der Waals surface area (Å²) in [5, 5.41) is 10.6. The molecule has 0 fully saturated rings. The molecule has 0 saturated carbocycles. The fraction of sp³-hybridized carbons (Fsp3) is 0.211. The molecule has 220 valence electrons. The first-order valence-corrected chi connectivity index (χ1v) is 14.3. The van der Waals surface area contributed by atoms with Crippen molar-refractivity contribution in [3.63, 3.8) is 0 Å². The normalized spacial score (nSPS) is 11.9. The van der Waals surface area contributed by atoms with Gasteiger partial charge in [0.2, 0.25) is 5.89 Å². The van der Waals surface area contributed by atoms with E-state index in [0.717, 1.165) is 44.6 Å². The summed E-state index contributed by atoms with van der Waals surface area (Å²) in [6.45, 7) is 13.2. The summed E-state index contributed by atoms with van der Waals surface area (Å²) in [5.74, 6) is 0.515. The number of pyridine rings is 1. The molecular formula is C38H35N2O2Pt-. The quantitative estimate of drug-likeness (QED) is 0.183. The van der Waals surface area contributed by atoms with E-state index in [4.69, 9.17) is 14.4 Å². The Kier molecular flexibility index (Phi) is 8.20. The fourth-order valence-electron chi connectivity index (χ4n) is 5.13. The standard InChI is InChI=1S/C38H35N2O2.Pt/c1-37(2,3)28-16-17-39-32(22-28)27-19-25(24-12-8-7-9-13-24)18-26(20-27)31-21-29(38(4,5)6)23-34-35(31)40-36(42-34)30-14-10-11-15-33(30)41;/h7-19,21-23,41H,1-6H3;/q-1;. The molecule has 6 aromatic rings. The first-order chi connectivity index (χ1) is 20.0. The zero-order valence-corrected chi connectivity index (χ0v) is 27.6. The van der Waals surface area contributed by atoms with E-state index in [1.54, 1.807) is 12.1 Å². The third kappa shape index (κ3) is 6.21. The van der Waals surface area contributed by atoms with Crippen molar-refractivity contribution in [1.29, 1.82) is 0 Å². The van der Waals surface area contributed by atoms with Crippen LogP contribution in [0.5, 0.6) is 5.75 Å². The predicted octanol–water partition coefficient (Wildman–Crippen LogP) is 9.99. The molecule has 0 bridgehead atoms. The second kappa shape index (κ2) is 11.6. The second-order valence-corrected chi connectivity index (χ2v) is 12.9. The van der Waals surface area contributed by atoms with E-state index in [0.29, 0.717) is 17.0 Å². The number of aromatic nitrogens is 2. The van der Waals surface area contributed by atoms with Gasteiger partial charge < -0.3 is 9.52 Å². The molecule has 0 radical (unpaired) electrons. The molecule has 5 heteroatoms. The number of aromatic hydroxyl groups is 1. The predicted molar refractivity (Wildman–Crippen MR) is 171 cm³/mol. The number of fused-ring (bicyclic) bond motifs is 1. The number of nitrogens with zero attached hydrogens (tertiary/aromatic N) is 2. The molecule has 4 aromatic carbocycles. The Labute approximate surface area is 268 Å². The molecular weight excluding hydrogens is 712 g/mol. The number of hydrogen-bond donors (Lipinski definition) is 1. The Morgan fingerprint density at radius 1 is 0.674 bits per heavy atom. The summed E-state index contributed by atoms with van der Waals surface area (Å²) in [4.78, 5) is 9.70. The minimum Gasteiger partial charge on any atom is -0.507 e. The molecule has 0 unspecified atom stereocenters. The summed E-state index contributed by atoms with van der Waals surface area (Å²) in [5.41, 5.74) is 9.95. The van der Waals surface area contributed by atoms with E-state index >= 15 is 0 Å². The van der Waals surface area contributed by atoms with E-state index in [-0.39, 0.29) is 37.6 Å². The van der Waals surface area contributed by atoms with Gasteiger partial charge in [-0.1, -0.05) is 113 Å². The van der Waals surface area contributed by atoms with Gasteiger partial charge in [0.15, 0.2) is 0 Å². The Bertz CT molecular complexity index is 1910. The Hall–Kier alpha value is -4.01. The van der Waals surface area contributed by atoms with Gasteiger partial charge >= 0.3 is 0 Å². The largest absolute Gasteiger partial charge is 0.507 e. The fourth-order valence-corrected chi connectivity index (χ4v) is 5.13. The molecule has 0 aliphatic carbocycles. The molecule has 6 rings (SSSR count). The van der Waals surface area contributed by atoms with E-state index in [2.05, 4.69) is 108 Å². The Morgan fingerprint density at radius 2 is 1.35 bits per heavy atom. The number of oxazole rings is 1. The first-order valence-electron chi connectivity index (χ1n) is 14.3. The number of hydrogen-bond acceptors (Lipinski definition) is 4. The maximum atomic E-state index is 10.6. The molecule has 0 atom stereocenters. The van der Waals surface area contributed by atoms with Gasteiger partial charge in [-0.05, 0) is 51.8 Å². The summed E-state index contributed by atoms with van der Waals surface area (Å²) >= 11 is 0. The molecule has 43 heavy (non-hydrogen) atoms. The van der Waals surface area contributed by atoms with E-state index < -0.39 is 0 Å². The van der Waals surface area contributed by atoms with Crippen molar-refractivity contribution >= 4 is 11.1 Å². The zero-order chi connectivity index (χ0) is 29.6. The van der Waals surface area contributed by atoms with Gasteiger partial charge in [0, 0.05) is 33.0 Å². The monoisotopic (exact) mass is 746 g/mol. The molecule has 0 spiro atoms. The van der Waals surface area contributed by atoms with Gasteiger partial charge in [0.25, 0.3) is 0 Å². The summed E-state index contributed by atoms with van der Waals surface area (Å²) in [7, 11) is 0. The van der Waals surface area contributed by atoms with Crippen LogP contribution in [0.2, 0.25) is 0 Å². The van der Waals surface area contributed by atoms with Crippen molar-refractivity contribution in [3.05, 3.63) is 114 Å². The van der Waals surface area contributed by atoms with Gasteiger partial charge in [0.1, 0.15) is 11.3 Å². The molecule has 0 saturated heterocycles. The maximum Gasteiger partial charge on any atom is 0.230 e. The average molecular weight is 747 g/mol. The number of benzene rings is 4. The number of phenols is 1. The summed E-state index contributed by atoms with van der Waals surface area (Å²) < 4.78 is 6.32. The van der Waals surface area contributed by atoms with E-state index in [1.807, 2.05) is 24.4 Å². The van der Waals surface area contributed by atoms with Crippen molar-refractivity contribution in [1.82, 2.24) is 9.97 Å². The smallest absolute Gasteiger partial charge is 0.230 e. The summed E-state index contributed by atoms with van der Waals surface area (Å²) in [6.07, 6.45) is 1.88. The molecule has 4 nitrogen and oxygen atoms in total. The zero-order valence-electron chi connectivity index (χ0n) is 25.3. The number of phenolic OH excluding ortho intramolecular Hbond substituents is 1. The molecule has 2 heterocycles. The Morgan fingerprint density at radius 3 is 2.05 bits per heavy atom. The van der Waals surface area contributed by atoms with Crippen LogP contribution >= 0.6 is 0 Å². The Balaban J connectivity index is 0.00000368. The molecule has 1 N–H and O–H groups in total. The third-order valence-corrected chi connectivity index (χ3v) is 7.66. The van der Waals surface area contributed by atoms with Gasteiger partial charge in [-0.25, -0.2) is 4.98 Å². The number of rotatable bonds is 4. The van der Waals surface area contributed by atoms with E-state index in [1.165, 1.54) is 5.56 Å². The molecule has 2 aromatic heterocycles. The van der Waals surface area contributed by atoms with Gasteiger partial charge in [0.05, 0.1) is 11.1 Å². The second-order valence-electron chi connectivity index (χ2n) is 12.9. The van der Waals surface area contributed by atoms with Crippen molar-refractivity contribution in [3.8, 4) is 50.7 Å². The van der Waals surface area contributed by atoms with Crippen LogP contribution < -0.4 is 0 Å². The van der Waals surface area contributed by atoms with Crippen LogP contribution in [0.15, 0.2) is 102 Å². The van der Waals surface area contributed by atoms with Crippen LogP contribution in [-0.4, -0.2) is 15.1 Å². The van der Waals surface area contributed by atoms with Crippen LogP contribution in [0.1, 0.15) is 52.7 Å². The van der Waals surface area contributed by atoms with Crippen molar-refractivity contribution in [2.45, 2.75) is 52.4 Å². The minimum absolute atomic E-state index is 0. The number of para-hydroxylation sites is 1. The van der Waals surface area contributed by atoms with Crippen LogP contribution in [0, 0.1) is 6.07 Å². The molecule has 0 amide bonds. The van der Waals surface area contributed by atoms with Crippen LogP contribution in [0.25, 0.3) is 56.1 Å². The first kappa shape index (κ1) is 30.4. The van der Waals surface area contributed by atoms with Gasteiger partial charge in [-0.2, -0.15) is 0 Å². The summed E-state index contributed by atoms with van der Waals surface area (Å²) in [6, 6.07) is 34.0. The van der Waals surface area contributed by atoms with Crippen molar-refractivity contribution < 1.29 is 30.6 Å². The topological polar surface area (TPSA) is 59.2 Å². The van der Waals surface area contributed by atoms with Gasteiger partial charge in [-0.3, -0.25) is 4.98 Å². The minimum atomic E-state index is -0.132. The molecule has 0 aliphatic heterocycles. The SMILES string of the molecule is CC(C)(C)c1ccnc(-c2[c-]c(-c3cc(C(C)(C)C)cc4oc(-c5ccccc5O)nc34)cc(-c3ccccc3)c2)c1.[Pt]. The third-order valence-electron chi connectivity index (χ3n) is 7.66. The van der Waals surface area contributed by atoms with Crippen LogP contribution in [0.3, 0.4) is 0 Å². The van der Waals surface area contributed by atoms with Crippen LogP contribution in [0.4, 0.5) is 0 Å². The molecule has 0 aliphatic rings. The maximum absolute atomic E-state index is 10.6. The van der Waals surface area contributed by atoms with Crippen molar-refractivity contribution in [2.75, 3.05) is 0 Å². The average Bonchev–Trinajstić information content (AvgIpc) is 3.40. The van der Waals surface area contributed by atoms with E-state index in [9.17, 15) is 5.11 Å².